The monoisotopic (exact) mass is 501 g/mol. The van der Waals surface area contributed by atoms with E-state index in [0.29, 0.717) is 33.7 Å². The van der Waals surface area contributed by atoms with Crippen molar-refractivity contribution in [1.29, 1.82) is 0 Å². The van der Waals surface area contributed by atoms with E-state index in [0.717, 1.165) is 24.1 Å². The number of aryl methyl sites for hydroxylation is 1. The van der Waals surface area contributed by atoms with Gasteiger partial charge in [-0.15, -0.1) is 0 Å². The molecule has 0 unspecified atom stereocenters. The zero-order valence-corrected chi connectivity index (χ0v) is 19.6. The Morgan fingerprint density at radius 2 is 1.91 bits per heavy atom. The number of amides is 1. The van der Waals surface area contributed by atoms with E-state index in [1.54, 1.807) is 23.7 Å². The van der Waals surface area contributed by atoms with E-state index in [9.17, 15) is 13.6 Å². The molecule has 0 atom stereocenters. The van der Waals surface area contributed by atoms with Gasteiger partial charge in [-0.2, -0.15) is 10.2 Å². The van der Waals surface area contributed by atoms with Crippen molar-refractivity contribution in [2.75, 3.05) is 5.32 Å². The number of nitrogens with one attached hydrogen (secondary N) is 1. The summed E-state index contributed by atoms with van der Waals surface area (Å²) in [5.41, 5.74) is 2.76. The Morgan fingerprint density at radius 1 is 1.19 bits per heavy atom. The van der Waals surface area contributed by atoms with Crippen LogP contribution >= 0.6 is 34.8 Å². The zero-order valence-electron chi connectivity index (χ0n) is 17.3. The zero-order chi connectivity index (χ0) is 23.2. The lowest BCUT2D eigenvalue weighted by Gasteiger charge is -2.10. The van der Waals surface area contributed by atoms with Crippen LogP contribution < -0.4 is 5.32 Å². The number of carbonyl (C=O) groups excluding carboxylic acids is 1. The third-order valence-electron chi connectivity index (χ3n) is 5.40. The molecular weight excluding hydrogens is 483 g/mol. The third-order valence-corrected chi connectivity index (χ3v) is 6.38. The molecule has 1 saturated carbocycles. The second-order valence-corrected chi connectivity index (χ2v) is 9.03. The fourth-order valence-electron chi connectivity index (χ4n) is 3.64. The van der Waals surface area contributed by atoms with Crippen LogP contribution in [0, 0.1) is 13.8 Å². The summed E-state index contributed by atoms with van der Waals surface area (Å²) in [4.78, 5) is 12.8. The van der Waals surface area contributed by atoms with Crippen molar-refractivity contribution in [3.8, 4) is 0 Å². The Labute approximate surface area is 198 Å². The Balaban J connectivity index is 1.53. The largest absolute Gasteiger partial charge is 0.321 e. The number of alkyl halides is 2. The summed E-state index contributed by atoms with van der Waals surface area (Å²) < 4.78 is 29.5. The van der Waals surface area contributed by atoms with Gasteiger partial charge in [0.15, 0.2) is 0 Å². The normalized spacial score (nSPS) is 13.8. The summed E-state index contributed by atoms with van der Waals surface area (Å²) in [5, 5.41) is 12.2. The maximum Gasteiger partial charge on any atom is 0.283 e. The lowest BCUT2D eigenvalue weighted by Crippen LogP contribution is -2.21. The van der Waals surface area contributed by atoms with Gasteiger partial charge in [0.25, 0.3) is 6.43 Å². The summed E-state index contributed by atoms with van der Waals surface area (Å²) in [6.07, 6.45) is -1.12. The number of nitrogens with zero attached hydrogens (tertiary/aromatic N) is 4. The Bertz CT molecular complexity index is 1190. The van der Waals surface area contributed by atoms with Crippen LogP contribution in [-0.2, 0) is 17.9 Å². The predicted molar refractivity (Wildman–Crippen MR) is 120 cm³/mol. The second kappa shape index (κ2) is 9.00. The first-order valence-electron chi connectivity index (χ1n) is 9.97. The van der Waals surface area contributed by atoms with E-state index in [4.69, 9.17) is 34.8 Å². The molecule has 2 heterocycles. The second-order valence-electron chi connectivity index (χ2n) is 7.80. The molecule has 1 aliphatic rings. The van der Waals surface area contributed by atoms with Gasteiger partial charge < -0.3 is 5.32 Å². The molecule has 32 heavy (non-hydrogen) atoms. The smallest absolute Gasteiger partial charge is 0.283 e. The van der Waals surface area contributed by atoms with Crippen LogP contribution in [-0.4, -0.2) is 25.5 Å². The van der Waals surface area contributed by atoms with Crippen molar-refractivity contribution < 1.29 is 13.6 Å². The molecule has 170 valence electrons. The van der Waals surface area contributed by atoms with Crippen molar-refractivity contribution in [1.82, 2.24) is 19.6 Å². The topological polar surface area (TPSA) is 64.7 Å². The first kappa shape index (κ1) is 23.0. The van der Waals surface area contributed by atoms with Gasteiger partial charge in [0, 0.05) is 16.0 Å². The van der Waals surface area contributed by atoms with Gasteiger partial charge in [0.2, 0.25) is 5.91 Å². The highest BCUT2D eigenvalue weighted by Gasteiger charge is 2.34. The lowest BCUT2D eigenvalue weighted by atomic mass is 10.2. The minimum Gasteiger partial charge on any atom is -0.321 e. The number of carbonyl (C=O) groups is 1. The lowest BCUT2D eigenvalue weighted by molar-refractivity contribution is -0.117. The molecule has 0 aliphatic heterocycles. The molecule has 2 aromatic heterocycles. The Kier molecular flexibility index (Phi) is 6.47. The van der Waals surface area contributed by atoms with Crippen LogP contribution in [0.5, 0.6) is 0 Å². The molecule has 0 saturated heterocycles. The molecule has 1 N–H and O–H groups in total. The quantitative estimate of drug-likeness (QED) is 0.421. The summed E-state index contributed by atoms with van der Waals surface area (Å²) in [7, 11) is 0. The highest BCUT2D eigenvalue weighted by molar-refractivity contribution is 6.35. The summed E-state index contributed by atoms with van der Waals surface area (Å²) in [5.74, 6) is -0.340. The van der Waals surface area contributed by atoms with Gasteiger partial charge in [0.1, 0.15) is 12.2 Å². The summed E-state index contributed by atoms with van der Waals surface area (Å²) in [6.45, 7) is 3.79. The number of benzene rings is 1. The Hall–Kier alpha value is -2.16. The maximum absolute atomic E-state index is 13.2. The molecule has 11 heteroatoms. The Morgan fingerprint density at radius 3 is 2.53 bits per heavy atom. The van der Waals surface area contributed by atoms with Crippen LogP contribution in [0.2, 0.25) is 15.1 Å². The van der Waals surface area contributed by atoms with E-state index in [1.807, 2.05) is 13.0 Å². The van der Waals surface area contributed by atoms with E-state index < -0.39 is 18.0 Å². The SMILES string of the molecule is Cc1nn(Cc2ccc(Cl)cc2Cl)c(C)c1NC(=O)Cn1nc(C(F)F)c(Cl)c1C1CC1. The average Bonchev–Trinajstić information content (AvgIpc) is 3.45. The maximum atomic E-state index is 13.2. The molecule has 0 bridgehead atoms. The van der Waals surface area contributed by atoms with Gasteiger partial charge in [-0.25, -0.2) is 8.78 Å². The molecule has 1 fully saturated rings. The molecule has 6 nitrogen and oxygen atoms in total. The molecule has 0 spiro atoms. The van der Waals surface area contributed by atoms with Gasteiger partial charge in [-0.3, -0.25) is 14.2 Å². The van der Waals surface area contributed by atoms with E-state index in [-0.39, 0.29) is 17.5 Å². The summed E-state index contributed by atoms with van der Waals surface area (Å²) in [6, 6.07) is 5.23. The van der Waals surface area contributed by atoms with E-state index in [2.05, 4.69) is 15.5 Å². The highest BCUT2D eigenvalue weighted by Crippen LogP contribution is 2.45. The molecule has 1 aromatic carbocycles. The molecule has 4 rings (SSSR count). The number of anilines is 1. The summed E-state index contributed by atoms with van der Waals surface area (Å²) >= 11 is 18.4. The van der Waals surface area contributed by atoms with Crippen LogP contribution in [0.3, 0.4) is 0 Å². The average molecular weight is 503 g/mol. The van der Waals surface area contributed by atoms with Gasteiger partial charge >= 0.3 is 0 Å². The predicted octanol–water partition coefficient (Wildman–Crippen LogP) is 6.16. The van der Waals surface area contributed by atoms with Crippen LogP contribution in [0.25, 0.3) is 0 Å². The van der Waals surface area contributed by atoms with E-state index >= 15 is 0 Å². The first-order valence-corrected chi connectivity index (χ1v) is 11.1. The van der Waals surface area contributed by atoms with E-state index in [1.165, 1.54) is 4.68 Å². The molecule has 1 amide bonds. The number of rotatable bonds is 7. The van der Waals surface area contributed by atoms with Crippen molar-refractivity contribution >= 4 is 46.4 Å². The first-order chi connectivity index (χ1) is 15.2. The molecular formula is C21H20Cl3F2N5O. The number of hydrogen-bond donors (Lipinski definition) is 1. The van der Waals surface area contributed by atoms with Crippen molar-refractivity contribution in [2.24, 2.45) is 0 Å². The van der Waals surface area contributed by atoms with Gasteiger partial charge in [-0.1, -0.05) is 40.9 Å². The number of hydrogen-bond acceptors (Lipinski definition) is 3. The molecule has 0 radical (unpaired) electrons. The number of aromatic nitrogens is 4. The fraction of sp³-hybridized carbons (Fsp3) is 0.381. The van der Waals surface area contributed by atoms with Crippen LogP contribution in [0.4, 0.5) is 14.5 Å². The third kappa shape index (κ3) is 4.63. The van der Waals surface area contributed by atoms with Crippen molar-refractivity contribution in [3.05, 3.63) is 61.6 Å². The minimum atomic E-state index is -2.80. The van der Waals surface area contributed by atoms with Crippen LogP contribution in [0.1, 0.15) is 53.5 Å². The highest BCUT2D eigenvalue weighted by atomic mass is 35.5. The van der Waals surface area contributed by atoms with Crippen LogP contribution in [0.15, 0.2) is 18.2 Å². The molecule has 1 aliphatic carbocycles. The standard InChI is InChI=1S/C21H20Cl3F2N5O/c1-10-18(11(2)30(28-10)8-13-5-6-14(22)7-15(13)23)27-16(32)9-31-20(12-3-4-12)17(24)19(29-31)21(25)26/h5-7,12,21H,3-4,8-9H2,1-2H3,(H,27,32). The minimum absolute atomic E-state index is 0.0460. The van der Waals surface area contributed by atoms with Crippen molar-refractivity contribution in [2.45, 2.75) is 52.1 Å². The number of halogens is 5. The van der Waals surface area contributed by atoms with Gasteiger partial charge in [-0.05, 0) is 44.4 Å². The molecule has 3 aromatic rings. The van der Waals surface area contributed by atoms with Gasteiger partial charge in [0.05, 0.1) is 34.3 Å². The fourth-order valence-corrected chi connectivity index (χ4v) is 4.48. The van der Waals surface area contributed by atoms with Crippen molar-refractivity contribution in [3.63, 3.8) is 0 Å².